The van der Waals surface area contributed by atoms with Crippen molar-refractivity contribution >= 4 is 0 Å². The van der Waals surface area contributed by atoms with Crippen molar-refractivity contribution in [3.05, 3.63) is 35.9 Å². The highest BCUT2D eigenvalue weighted by Crippen LogP contribution is 2.28. The van der Waals surface area contributed by atoms with E-state index < -0.39 is 0 Å². The predicted molar refractivity (Wildman–Crippen MR) is 87.0 cm³/mol. The lowest BCUT2D eigenvalue weighted by molar-refractivity contribution is 0.131. The zero-order valence-corrected chi connectivity index (χ0v) is 13.3. The molecule has 2 heteroatoms. The minimum absolute atomic E-state index is 0.559. The molecule has 1 aromatic carbocycles. The fraction of sp³-hybridized carbons (Fsp3) is 0.667. The standard InChI is InChI=1S/C18H30N2/c1-4-9-18(16-10-6-5-7-11-16)20(15(2)3)14-17-12-8-13-19-17/h5-7,10-11,15,17-19H,4,8-9,12-14H2,1-3H3. The lowest BCUT2D eigenvalue weighted by Crippen LogP contribution is -2.43. The van der Waals surface area contributed by atoms with Crippen molar-refractivity contribution in [3.63, 3.8) is 0 Å². The largest absolute Gasteiger partial charge is 0.313 e. The van der Waals surface area contributed by atoms with Crippen LogP contribution in [0.5, 0.6) is 0 Å². The Kier molecular flexibility index (Phi) is 6.06. The van der Waals surface area contributed by atoms with E-state index in [0.29, 0.717) is 18.1 Å². The highest BCUT2D eigenvalue weighted by molar-refractivity contribution is 5.19. The molecule has 0 spiro atoms. The van der Waals surface area contributed by atoms with Crippen LogP contribution in [-0.2, 0) is 0 Å². The highest BCUT2D eigenvalue weighted by Gasteiger charge is 2.26. The summed E-state index contributed by atoms with van der Waals surface area (Å²) in [6.45, 7) is 9.33. The van der Waals surface area contributed by atoms with Crippen molar-refractivity contribution < 1.29 is 0 Å². The van der Waals surface area contributed by atoms with Crippen LogP contribution in [0.3, 0.4) is 0 Å². The summed E-state index contributed by atoms with van der Waals surface area (Å²) in [4.78, 5) is 2.70. The molecule has 2 atom stereocenters. The summed E-state index contributed by atoms with van der Waals surface area (Å²) in [6, 6.07) is 12.9. The molecular formula is C18H30N2. The lowest BCUT2D eigenvalue weighted by Gasteiger charge is -2.37. The molecule has 1 heterocycles. The third kappa shape index (κ3) is 4.07. The molecule has 0 radical (unpaired) electrons. The summed E-state index contributed by atoms with van der Waals surface area (Å²) < 4.78 is 0. The summed E-state index contributed by atoms with van der Waals surface area (Å²) in [5, 5.41) is 3.65. The monoisotopic (exact) mass is 274 g/mol. The molecule has 2 unspecified atom stereocenters. The van der Waals surface area contributed by atoms with Crippen LogP contribution >= 0.6 is 0 Å². The van der Waals surface area contributed by atoms with Gasteiger partial charge in [-0.05, 0) is 45.2 Å². The fourth-order valence-electron chi connectivity index (χ4n) is 3.34. The molecule has 0 bridgehead atoms. The van der Waals surface area contributed by atoms with E-state index in [4.69, 9.17) is 0 Å². The van der Waals surface area contributed by atoms with Crippen LogP contribution in [0.25, 0.3) is 0 Å². The first-order valence-electron chi connectivity index (χ1n) is 8.26. The SMILES string of the molecule is CCCC(c1ccccc1)N(CC1CCCN1)C(C)C. The Labute approximate surface area is 124 Å². The Morgan fingerprint density at radius 3 is 2.55 bits per heavy atom. The van der Waals surface area contributed by atoms with Gasteiger partial charge in [0, 0.05) is 24.7 Å². The van der Waals surface area contributed by atoms with Gasteiger partial charge < -0.3 is 5.32 Å². The third-order valence-corrected chi connectivity index (χ3v) is 4.40. The Hall–Kier alpha value is -0.860. The molecule has 2 rings (SSSR count). The van der Waals surface area contributed by atoms with Crippen LogP contribution in [0, 0.1) is 0 Å². The molecule has 1 aliphatic rings. The van der Waals surface area contributed by atoms with E-state index in [2.05, 4.69) is 61.3 Å². The second-order valence-electron chi connectivity index (χ2n) is 6.30. The van der Waals surface area contributed by atoms with Crippen molar-refractivity contribution in [2.24, 2.45) is 0 Å². The number of hydrogen-bond donors (Lipinski definition) is 1. The lowest BCUT2D eigenvalue weighted by atomic mass is 9.98. The van der Waals surface area contributed by atoms with Gasteiger partial charge in [0.25, 0.3) is 0 Å². The van der Waals surface area contributed by atoms with Gasteiger partial charge in [0.2, 0.25) is 0 Å². The molecule has 0 amide bonds. The molecule has 1 aliphatic heterocycles. The second kappa shape index (κ2) is 7.80. The van der Waals surface area contributed by atoms with E-state index in [-0.39, 0.29) is 0 Å². The van der Waals surface area contributed by atoms with Crippen molar-refractivity contribution in [2.75, 3.05) is 13.1 Å². The van der Waals surface area contributed by atoms with E-state index in [1.165, 1.54) is 44.3 Å². The minimum Gasteiger partial charge on any atom is -0.313 e. The summed E-state index contributed by atoms with van der Waals surface area (Å²) in [5.41, 5.74) is 1.47. The van der Waals surface area contributed by atoms with Gasteiger partial charge in [0.15, 0.2) is 0 Å². The molecule has 0 saturated carbocycles. The molecule has 1 aromatic rings. The zero-order chi connectivity index (χ0) is 14.4. The smallest absolute Gasteiger partial charge is 0.0351 e. The maximum atomic E-state index is 3.65. The molecule has 1 saturated heterocycles. The van der Waals surface area contributed by atoms with Crippen molar-refractivity contribution in [1.82, 2.24) is 10.2 Å². The van der Waals surface area contributed by atoms with Gasteiger partial charge in [-0.15, -0.1) is 0 Å². The van der Waals surface area contributed by atoms with Crippen LogP contribution in [0.4, 0.5) is 0 Å². The number of nitrogens with zero attached hydrogens (tertiary/aromatic N) is 1. The molecular weight excluding hydrogens is 244 g/mol. The molecule has 20 heavy (non-hydrogen) atoms. The van der Waals surface area contributed by atoms with Crippen LogP contribution in [0.15, 0.2) is 30.3 Å². The quantitative estimate of drug-likeness (QED) is 0.809. The second-order valence-corrected chi connectivity index (χ2v) is 6.30. The molecule has 0 aromatic heterocycles. The van der Waals surface area contributed by atoms with Crippen LogP contribution in [-0.4, -0.2) is 30.1 Å². The first kappa shape index (κ1) is 15.5. The first-order chi connectivity index (χ1) is 9.72. The first-order valence-corrected chi connectivity index (χ1v) is 8.26. The average Bonchev–Trinajstić information content (AvgIpc) is 2.96. The maximum absolute atomic E-state index is 3.65. The van der Waals surface area contributed by atoms with Crippen LogP contribution in [0.1, 0.15) is 58.1 Å². The highest BCUT2D eigenvalue weighted by atomic mass is 15.2. The number of hydrogen-bond acceptors (Lipinski definition) is 2. The van der Waals surface area contributed by atoms with Gasteiger partial charge in [0.1, 0.15) is 0 Å². The number of nitrogens with one attached hydrogen (secondary N) is 1. The van der Waals surface area contributed by atoms with Crippen LogP contribution in [0.2, 0.25) is 0 Å². The predicted octanol–water partition coefficient (Wildman–Crippen LogP) is 3.99. The van der Waals surface area contributed by atoms with E-state index >= 15 is 0 Å². The van der Waals surface area contributed by atoms with Gasteiger partial charge in [-0.2, -0.15) is 0 Å². The Morgan fingerprint density at radius 1 is 1.25 bits per heavy atom. The molecule has 1 N–H and O–H groups in total. The van der Waals surface area contributed by atoms with E-state index in [0.717, 1.165) is 0 Å². The normalized spacial score (nSPS) is 20.8. The van der Waals surface area contributed by atoms with Crippen molar-refractivity contribution in [3.8, 4) is 0 Å². The van der Waals surface area contributed by atoms with Gasteiger partial charge in [-0.25, -0.2) is 0 Å². The minimum atomic E-state index is 0.559. The zero-order valence-electron chi connectivity index (χ0n) is 13.3. The number of benzene rings is 1. The summed E-state index contributed by atoms with van der Waals surface area (Å²) >= 11 is 0. The van der Waals surface area contributed by atoms with Crippen molar-refractivity contribution in [2.45, 2.75) is 64.6 Å². The molecule has 1 fully saturated rings. The summed E-state index contributed by atoms with van der Waals surface area (Å²) in [7, 11) is 0. The average molecular weight is 274 g/mol. The topological polar surface area (TPSA) is 15.3 Å². The maximum Gasteiger partial charge on any atom is 0.0351 e. The Morgan fingerprint density at radius 2 is 2.00 bits per heavy atom. The number of rotatable bonds is 7. The summed E-state index contributed by atoms with van der Waals surface area (Å²) in [6.07, 6.45) is 5.15. The molecule has 0 aliphatic carbocycles. The van der Waals surface area contributed by atoms with E-state index in [1.807, 2.05) is 0 Å². The third-order valence-electron chi connectivity index (χ3n) is 4.40. The molecule has 112 valence electrons. The van der Waals surface area contributed by atoms with E-state index in [9.17, 15) is 0 Å². The molecule has 2 nitrogen and oxygen atoms in total. The summed E-state index contributed by atoms with van der Waals surface area (Å²) in [5.74, 6) is 0. The fourth-order valence-corrected chi connectivity index (χ4v) is 3.34. The van der Waals surface area contributed by atoms with Crippen molar-refractivity contribution in [1.29, 1.82) is 0 Å². The van der Waals surface area contributed by atoms with Gasteiger partial charge in [-0.3, -0.25) is 4.90 Å². The van der Waals surface area contributed by atoms with Gasteiger partial charge in [0.05, 0.1) is 0 Å². The van der Waals surface area contributed by atoms with Gasteiger partial charge in [-0.1, -0.05) is 43.7 Å². The van der Waals surface area contributed by atoms with Crippen LogP contribution < -0.4 is 5.32 Å². The Balaban J connectivity index is 2.13. The van der Waals surface area contributed by atoms with E-state index in [1.54, 1.807) is 0 Å². The Bertz CT molecular complexity index is 368. The van der Waals surface area contributed by atoms with Gasteiger partial charge >= 0.3 is 0 Å².